The van der Waals surface area contributed by atoms with E-state index in [9.17, 15) is 8.42 Å². The van der Waals surface area contributed by atoms with E-state index < -0.39 is 9.84 Å². The fourth-order valence-corrected chi connectivity index (χ4v) is 3.19. The summed E-state index contributed by atoms with van der Waals surface area (Å²) in [6.07, 6.45) is 2.28. The van der Waals surface area contributed by atoms with Gasteiger partial charge in [-0.3, -0.25) is 0 Å². The Morgan fingerprint density at radius 1 is 1.30 bits per heavy atom. The van der Waals surface area contributed by atoms with E-state index in [1.54, 1.807) is 12.1 Å². The van der Waals surface area contributed by atoms with E-state index in [4.69, 9.17) is 4.74 Å². The van der Waals surface area contributed by atoms with Gasteiger partial charge in [-0.05, 0) is 29.5 Å². The highest BCUT2D eigenvalue weighted by molar-refractivity contribution is 7.90. The van der Waals surface area contributed by atoms with Gasteiger partial charge in [-0.15, -0.1) is 0 Å². The molecule has 1 atom stereocenters. The molecule has 1 saturated heterocycles. The number of benzene rings is 1. The van der Waals surface area contributed by atoms with Gasteiger partial charge in [-0.1, -0.05) is 26.0 Å². The van der Waals surface area contributed by atoms with E-state index in [0.29, 0.717) is 4.90 Å². The van der Waals surface area contributed by atoms with Crippen LogP contribution in [0.2, 0.25) is 0 Å². The lowest BCUT2D eigenvalue weighted by molar-refractivity contribution is -0.0433. The molecule has 1 aliphatic heterocycles. The van der Waals surface area contributed by atoms with Gasteiger partial charge in [-0.2, -0.15) is 0 Å². The predicted molar refractivity (Wildman–Crippen MR) is 79.6 cm³/mol. The zero-order valence-electron chi connectivity index (χ0n) is 12.3. The smallest absolute Gasteiger partial charge is 0.175 e. The maximum Gasteiger partial charge on any atom is 0.175 e. The molecular weight excluding hydrogens is 274 g/mol. The number of hydrogen-bond donors (Lipinski definition) is 1. The summed E-state index contributed by atoms with van der Waals surface area (Å²) in [4.78, 5) is 0.370. The van der Waals surface area contributed by atoms with Crippen molar-refractivity contribution in [3.8, 4) is 0 Å². The SMILES string of the molecule is CC(C)(Cc1ccc(S(C)(=O)=O)cc1)C1CNCCO1. The highest BCUT2D eigenvalue weighted by Crippen LogP contribution is 2.29. The molecule has 20 heavy (non-hydrogen) atoms. The van der Waals surface area contributed by atoms with Crippen LogP contribution in [0, 0.1) is 5.41 Å². The van der Waals surface area contributed by atoms with Crippen LogP contribution in [-0.4, -0.2) is 40.5 Å². The Balaban J connectivity index is 2.08. The van der Waals surface area contributed by atoms with E-state index >= 15 is 0 Å². The summed E-state index contributed by atoms with van der Waals surface area (Å²) in [5.74, 6) is 0. The minimum absolute atomic E-state index is 0.0139. The second-order valence-electron chi connectivity index (χ2n) is 6.15. The summed E-state index contributed by atoms with van der Waals surface area (Å²) in [5, 5.41) is 3.35. The summed E-state index contributed by atoms with van der Waals surface area (Å²) in [6, 6.07) is 7.16. The Bertz CT molecular complexity index is 543. The average molecular weight is 297 g/mol. The molecule has 0 aromatic heterocycles. The van der Waals surface area contributed by atoms with Crippen molar-refractivity contribution in [2.75, 3.05) is 26.0 Å². The summed E-state index contributed by atoms with van der Waals surface area (Å²) in [5.41, 5.74) is 1.15. The van der Waals surface area contributed by atoms with E-state index in [-0.39, 0.29) is 11.5 Å². The van der Waals surface area contributed by atoms with Crippen molar-refractivity contribution >= 4 is 9.84 Å². The van der Waals surface area contributed by atoms with Crippen LogP contribution in [0.5, 0.6) is 0 Å². The molecule has 1 heterocycles. The molecule has 0 amide bonds. The van der Waals surface area contributed by atoms with Gasteiger partial charge in [0, 0.05) is 19.3 Å². The normalized spacial score (nSPS) is 20.9. The van der Waals surface area contributed by atoms with E-state index in [1.165, 1.54) is 6.26 Å². The minimum atomic E-state index is -3.12. The third kappa shape index (κ3) is 3.81. The highest BCUT2D eigenvalue weighted by atomic mass is 32.2. The predicted octanol–water partition coefficient (Wildman–Crippen LogP) is 1.65. The largest absolute Gasteiger partial charge is 0.375 e. The molecule has 0 saturated carbocycles. The Labute approximate surface area is 121 Å². The lowest BCUT2D eigenvalue weighted by Gasteiger charge is -2.37. The topological polar surface area (TPSA) is 55.4 Å². The molecule has 1 fully saturated rings. The molecule has 2 rings (SSSR count). The molecule has 0 aliphatic carbocycles. The number of rotatable bonds is 4. The Morgan fingerprint density at radius 2 is 1.95 bits per heavy atom. The maximum atomic E-state index is 11.4. The van der Waals surface area contributed by atoms with Crippen LogP contribution in [0.15, 0.2) is 29.2 Å². The summed E-state index contributed by atoms with van der Waals surface area (Å²) >= 11 is 0. The Morgan fingerprint density at radius 3 is 2.45 bits per heavy atom. The quantitative estimate of drug-likeness (QED) is 0.918. The van der Waals surface area contributed by atoms with Crippen LogP contribution in [0.3, 0.4) is 0 Å². The van der Waals surface area contributed by atoms with Gasteiger partial charge < -0.3 is 10.1 Å². The van der Waals surface area contributed by atoms with Gasteiger partial charge in [0.05, 0.1) is 17.6 Å². The summed E-state index contributed by atoms with van der Waals surface area (Å²) < 4.78 is 28.7. The van der Waals surface area contributed by atoms with Crippen molar-refractivity contribution in [3.05, 3.63) is 29.8 Å². The van der Waals surface area contributed by atoms with Crippen molar-refractivity contribution in [1.29, 1.82) is 0 Å². The fourth-order valence-electron chi connectivity index (χ4n) is 2.56. The number of ether oxygens (including phenoxy) is 1. The molecule has 1 unspecified atom stereocenters. The first kappa shape index (κ1) is 15.5. The zero-order valence-corrected chi connectivity index (χ0v) is 13.2. The molecule has 5 heteroatoms. The van der Waals surface area contributed by atoms with Gasteiger partial charge in [0.15, 0.2) is 9.84 Å². The summed E-state index contributed by atoms with van der Waals surface area (Å²) in [6.45, 7) is 6.91. The van der Waals surface area contributed by atoms with Gasteiger partial charge >= 0.3 is 0 Å². The first-order chi connectivity index (χ1) is 9.29. The van der Waals surface area contributed by atoms with E-state index in [0.717, 1.165) is 31.7 Å². The molecule has 1 N–H and O–H groups in total. The van der Waals surface area contributed by atoms with Gasteiger partial charge in [0.25, 0.3) is 0 Å². The van der Waals surface area contributed by atoms with E-state index in [2.05, 4.69) is 19.2 Å². The molecule has 1 aromatic carbocycles. The van der Waals surface area contributed by atoms with Gasteiger partial charge in [0.1, 0.15) is 0 Å². The van der Waals surface area contributed by atoms with Crippen LogP contribution in [-0.2, 0) is 21.0 Å². The fraction of sp³-hybridized carbons (Fsp3) is 0.600. The van der Waals surface area contributed by atoms with E-state index in [1.807, 2.05) is 12.1 Å². The molecule has 4 nitrogen and oxygen atoms in total. The van der Waals surface area contributed by atoms with Crippen LogP contribution in [0.4, 0.5) is 0 Å². The van der Waals surface area contributed by atoms with Crippen molar-refractivity contribution < 1.29 is 13.2 Å². The number of hydrogen-bond acceptors (Lipinski definition) is 4. The highest BCUT2D eigenvalue weighted by Gasteiger charge is 2.31. The minimum Gasteiger partial charge on any atom is -0.375 e. The Kier molecular flexibility index (Phi) is 4.52. The number of morpholine rings is 1. The second-order valence-corrected chi connectivity index (χ2v) is 8.16. The molecule has 0 radical (unpaired) electrons. The molecule has 0 bridgehead atoms. The van der Waals surface area contributed by atoms with Crippen molar-refractivity contribution in [2.24, 2.45) is 5.41 Å². The average Bonchev–Trinajstić information content (AvgIpc) is 2.39. The number of sulfone groups is 1. The third-order valence-electron chi connectivity index (χ3n) is 3.81. The lowest BCUT2D eigenvalue weighted by Crippen LogP contribution is -2.47. The first-order valence-corrected chi connectivity index (χ1v) is 8.79. The third-order valence-corrected chi connectivity index (χ3v) is 4.94. The standard InChI is InChI=1S/C15H23NO3S/c1-15(2,14-11-16-8-9-19-14)10-12-4-6-13(7-5-12)20(3,17)18/h4-7,14,16H,8-11H2,1-3H3. The van der Waals surface area contributed by atoms with Gasteiger partial charge in [-0.25, -0.2) is 8.42 Å². The van der Waals surface area contributed by atoms with Crippen molar-refractivity contribution in [3.63, 3.8) is 0 Å². The Hall–Kier alpha value is -0.910. The van der Waals surface area contributed by atoms with Crippen LogP contribution < -0.4 is 5.32 Å². The second kappa shape index (κ2) is 5.84. The molecule has 1 aromatic rings. The molecule has 112 valence electrons. The first-order valence-electron chi connectivity index (χ1n) is 6.90. The lowest BCUT2D eigenvalue weighted by atomic mass is 9.80. The van der Waals surface area contributed by atoms with Crippen LogP contribution >= 0.6 is 0 Å². The maximum absolute atomic E-state index is 11.4. The van der Waals surface area contributed by atoms with Crippen molar-refractivity contribution in [1.82, 2.24) is 5.32 Å². The monoisotopic (exact) mass is 297 g/mol. The number of nitrogens with one attached hydrogen (secondary N) is 1. The van der Waals surface area contributed by atoms with Crippen LogP contribution in [0.25, 0.3) is 0 Å². The molecular formula is C15H23NO3S. The summed E-state index contributed by atoms with van der Waals surface area (Å²) in [7, 11) is -3.12. The zero-order chi connectivity index (χ0) is 14.8. The van der Waals surface area contributed by atoms with Crippen molar-refractivity contribution in [2.45, 2.75) is 31.3 Å². The molecule has 1 aliphatic rings. The van der Waals surface area contributed by atoms with Crippen LogP contribution in [0.1, 0.15) is 19.4 Å². The van der Waals surface area contributed by atoms with Gasteiger partial charge in [0.2, 0.25) is 0 Å². The molecule has 0 spiro atoms.